The molecule has 0 amide bonds. The summed E-state index contributed by atoms with van der Waals surface area (Å²) in [6, 6.07) is 0.602. The van der Waals surface area contributed by atoms with Crippen molar-refractivity contribution in [1.29, 1.82) is 0 Å². The van der Waals surface area contributed by atoms with Crippen molar-refractivity contribution in [3.63, 3.8) is 0 Å². The zero-order valence-electron chi connectivity index (χ0n) is 14.0. The van der Waals surface area contributed by atoms with Gasteiger partial charge in [-0.25, -0.2) is 0 Å². The molecule has 0 aliphatic heterocycles. The third-order valence-electron chi connectivity index (χ3n) is 2.90. The Morgan fingerprint density at radius 2 is 1.76 bits per heavy atom. The lowest BCUT2D eigenvalue weighted by atomic mass is 10.0. The van der Waals surface area contributed by atoms with E-state index in [0.717, 1.165) is 13.1 Å². The van der Waals surface area contributed by atoms with E-state index in [1.54, 1.807) is 0 Å². The lowest BCUT2D eigenvalue weighted by molar-refractivity contribution is 0.311. The van der Waals surface area contributed by atoms with Crippen molar-refractivity contribution in [3.8, 4) is 6.01 Å². The summed E-state index contributed by atoms with van der Waals surface area (Å²) in [5.74, 6) is 1.54. The first kappa shape index (κ1) is 17.4. The molecule has 1 atom stereocenters. The molecule has 7 heteroatoms. The average Bonchev–Trinajstić information content (AvgIpc) is 2.38. The Labute approximate surface area is 127 Å². The smallest absolute Gasteiger partial charge is 0.323 e. The van der Waals surface area contributed by atoms with Crippen LogP contribution in [0.15, 0.2) is 0 Å². The van der Waals surface area contributed by atoms with Gasteiger partial charge >= 0.3 is 6.01 Å². The second-order valence-corrected chi connectivity index (χ2v) is 5.49. The maximum Gasteiger partial charge on any atom is 0.323 e. The highest BCUT2D eigenvalue weighted by Gasteiger charge is 2.17. The van der Waals surface area contributed by atoms with Crippen molar-refractivity contribution in [3.05, 3.63) is 0 Å². The highest BCUT2D eigenvalue weighted by atomic mass is 16.5. The Hall–Kier alpha value is -1.63. The van der Waals surface area contributed by atoms with Crippen molar-refractivity contribution in [1.82, 2.24) is 19.9 Å². The SMILES string of the molecule is CCNc1nc(NC(CN(C)C)C(C)C)nc(OCC)n1. The molecule has 120 valence electrons. The molecule has 1 rings (SSSR count). The minimum atomic E-state index is 0.256. The fourth-order valence-corrected chi connectivity index (χ4v) is 1.83. The molecule has 0 bridgehead atoms. The summed E-state index contributed by atoms with van der Waals surface area (Å²) in [6.45, 7) is 10.4. The number of ether oxygens (including phenoxy) is 1. The summed E-state index contributed by atoms with van der Waals surface area (Å²) in [5.41, 5.74) is 0. The van der Waals surface area contributed by atoms with E-state index < -0.39 is 0 Å². The van der Waals surface area contributed by atoms with Gasteiger partial charge in [0.1, 0.15) is 0 Å². The Bertz CT molecular complexity index is 400. The number of nitrogens with zero attached hydrogens (tertiary/aromatic N) is 4. The molecule has 0 aromatic carbocycles. The number of hydrogen-bond donors (Lipinski definition) is 2. The highest BCUT2D eigenvalue weighted by molar-refractivity contribution is 5.36. The molecule has 0 aliphatic rings. The van der Waals surface area contributed by atoms with E-state index in [0.29, 0.717) is 30.4 Å². The van der Waals surface area contributed by atoms with Gasteiger partial charge in [0.25, 0.3) is 0 Å². The van der Waals surface area contributed by atoms with Gasteiger partial charge in [-0.3, -0.25) is 0 Å². The summed E-state index contributed by atoms with van der Waals surface area (Å²) in [6.07, 6.45) is 0. The zero-order chi connectivity index (χ0) is 15.8. The van der Waals surface area contributed by atoms with Crippen molar-refractivity contribution >= 4 is 11.9 Å². The summed E-state index contributed by atoms with van der Waals surface area (Å²) >= 11 is 0. The van der Waals surface area contributed by atoms with E-state index in [4.69, 9.17) is 4.74 Å². The lowest BCUT2D eigenvalue weighted by Gasteiger charge is -2.25. The van der Waals surface area contributed by atoms with Gasteiger partial charge < -0.3 is 20.3 Å². The molecular weight excluding hydrogens is 268 g/mol. The molecule has 1 aromatic heterocycles. The predicted molar refractivity (Wildman–Crippen MR) is 86.0 cm³/mol. The number of aromatic nitrogens is 3. The van der Waals surface area contributed by atoms with Crippen LogP contribution in [0.3, 0.4) is 0 Å². The molecule has 21 heavy (non-hydrogen) atoms. The molecular formula is C14H28N6O. The van der Waals surface area contributed by atoms with E-state index in [1.165, 1.54) is 0 Å². The fourth-order valence-electron chi connectivity index (χ4n) is 1.83. The topological polar surface area (TPSA) is 75.2 Å². The number of anilines is 2. The number of rotatable bonds is 9. The molecule has 0 radical (unpaired) electrons. The highest BCUT2D eigenvalue weighted by Crippen LogP contribution is 2.14. The largest absolute Gasteiger partial charge is 0.464 e. The number of hydrogen-bond acceptors (Lipinski definition) is 7. The first-order valence-electron chi connectivity index (χ1n) is 7.50. The molecule has 1 aromatic rings. The van der Waals surface area contributed by atoms with Crippen LogP contribution in [0.5, 0.6) is 6.01 Å². The molecule has 0 spiro atoms. The van der Waals surface area contributed by atoms with Crippen LogP contribution >= 0.6 is 0 Å². The molecule has 0 saturated carbocycles. The molecule has 7 nitrogen and oxygen atoms in total. The summed E-state index contributed by atoms with van der Waals surface area (Å²) in [7, 11) is 4.11. The van der Waals surface area contributed by atoms with E-state index in [1.807, 2.05) is 13.8 Å². The normalized spacial score (nSPS) is 12.6. The van der Waals surface area contributed by atoms with Gasteiger partial charge in [-0.1, -0.05) is 13.8 Å². The van der Waals surface area contributed by atoms with Gasteiger partial charge in [-0.15, -0.1) is 0 Å². The average molecular weight is 296 g/mol. The van der Waals surface area contributed by atoms with Crippen molar-refractivity contribution in [2.45, 2.75) is 33.7 Å². The van der Waals surface area contributed by atoms with Crippen LogP contribution in [0.1, 0.15) is 27.7 Å². The van der Waals surface area contributed by atoms with Gasteiger partial charge in [0.05, 0.1) is 6.61 Å². The van der Waals surface area contributed by atoms with E-state index in [2.05, 4.69) is 58.4 Å². The van der Waals surface area contributed by atoms with Crippen LogP contribution in [-0.2, 0) is 0 Å². The van der Waals surface area contributed by atoms with Crippen LogP contribution in [0, 0.1) is 5.92 Å². The van der Waals surface area contributed by atoms with E-state index in [9.17, 15) is 0 Å². The second-order valence-electron chi connectivity index (χ2n) is 5.49. The molecule has 1 unspecified atom stereocenters. The van der Waals surface area contributed by atoms with Crippen molar-refractivity contribution in [2.24, 2.45) is 5.92 Å². The predicted octanol–water partition coefficient (Wildman–Crippen LogP) is 1.70. The summed E-state index contributed by atoms with van der Waals surface area (Å²) < 4.78 is 5.40. The van der Waals surface area contributed by atoms with Crippen LogP contribution in [0.2, 0.25) is 0 Å². The van der Waals surface area contributed by atoms with Gasteiger partial charge in [0.15, 0.2) is 0 Å². The second kappa shape index (κ2) is 8.61. The summed E-state index contributed by atoms with van der Waals surface area (Å²) in [4.78, 5) is 15.1. The first-order chi connectivity index (χ1) is 9.96. The fraction of sp³-hybridized carbons (Fsp3) is 0.786. The Morgan fingerprint density at radius 1 is 1.10 bits per heavy atom. The van der Waals surface area contributed by atoms with Gasteiger partial charge in [0, 0.05) is 19.1 Å². The molecule has 0 fully saturated rings. The van der Waals surface area contributed by atoms with Gasteiger partial charge in [-0.05, 0) is 33.9 Å². The number of nitrogens with one attached hydrogen (secondary N) is 2. The van der Waals surface area contributed by atoms with Crippen molar-refractivity contribution in [2.75, 3.05) is 44.4 Å². The van der Waals surface area contributed by atoms with Crippen LogP contribution in [0.25, 0.3) is 0 Å². The van der Waals surface area contributed by atoms with Gasteiger partial charge in [0.2, 0.25) is 11.9 Å². The Morgan fingerprint density at radius 3 is 2.29 bits per heavy atom. The third kappa shape index (κ3) is 6.12. The maximum absolute atomic E-state index is 5.40. The Kier molecular flexibility index (Phi) is 7.14. The van der Waals surface area contributed by atoms with Crippen molar-refractivity contribution < 1.29 is 4.74 Å². The Balaban J connectivity index is 2.92. The maximum atomic E-state index is 5.40. The van der Waals surface area contributed by atoms with Crippen LogP contribution in [0.4, 0.5) is 11.9 Å². The molecule has 0 saturated heterocycles. The third-order valence-corrected chi connectivity index (χ3v) is 2.90. The number of likely N-dealkylation sites (N-methyl/N-ethyl adjacent to an activating group) is 1. The first-order valence-corrected chi connectivity index (χ1v) is 7.50. The zero-order valence-corrected chi connectivity index (χ0v) is 14.0. The van der Waals surface area contributed by atoms with Gasteiger partial charge in [-0.2, -0.15) is 15.0 Å². The monoisotopic (exact) mass is 296 g/mol. The minimum Gasteiger partial charge on any atom is -0.464 e. The standard InChI is InChI=1S/C14H28N6O/c1-7-15-12-17-13(19-14(18-12)21-8-2)16-11(10(3)4)9-20(5)6/h10-11H,7-9H2,1-6H3,(H2,15,16,17,18,19). The molecule has 2 N–H and O–H groups in total. The molecule has 1 heterocycles. The minimum absolute atomic E-state index is 0.256. The van der Waals surface area contributed by atoms with Crippen LogP contribution < -0.4 is 15.4 Å². The quantitative estimate of drug-likeness (QED) is 0.718. The van der Waals surface area contributed by atoms with E-state index in [-0.39, 0.29) is 6.04 Å². The summed E-state index contributed by atoms with van der Waals surface area (Å²) in [5, 5.41) is 6.48. The lowest BCUT2D eigenvalue weighted by Crippen LogP contribution is -2.37. The van der Waals surface area contributed by atoms with E-state index >= 15 is 0 Å². The van der Waals surface area contributed by atoms with Crippen LogP contribution in [-0.4, -0.2) is 59.7 Å². The molecule has 0 aliphatic carbocycles.